The van der Waals surface area contributed by atoms with Gasteiger partial charge in [-0.3, -0.25) is 4.79 Å². The van der Waals surface area contributed by atoms with E-state index in [9.17, 15) is 4.79 Å². The number of ether oxygens (including phenoxy) is 1. The van der Waals surface area contributed by atoms with Crippen molar-refractivity contribution in [2.75, 3.05) is 7.11 Å². The van der Waals surface area contributed by atoms with Crippen LogP contribution in [0.4, 0.5) is 0 Å². The lowest BCUT2D eigenvalue weighted by Crippen LogP contribution is -2.23. The molecule has 0 aliphatic heterocycles. The van der Waals surface area contributed by atoms with Crippen LogP contribution in [0, 0.1) is 0 Å². The van der Waals surface area contributed by atoms with Crippen LogP contribution in [0.3, 0.4) is 0 Å². The molecule has 0 bridgehead atoms. The topological polar surface area (TPSA) is 77.5 Å². The summed E-state index contributed by atoms with van der Waals surface area (Å²) in [5.74, 6) is -0.315. The molecule has 0 saturated heterocycles. The van der Waals surface area contributed by atoms with Gasteiger partial charge in [0.2, 0.25) is 0 Å². The normalized spacial score (nSPS) is 12.6. The number of carboxylic acid groups (broad SMARTS) is 1. The third kappa shape index (κ3) is 1.82. The van der Waals surface area contributed by atoms with Crippen LogP contribution in [0.15, 0.2) is 24.3 Å². The average Bonchev–Trinajstić information content (AvgIpc) is 2.75. The highest BCUT2D eigenvalue weighted by molar-refractivity contribution is 5.89. The highest BCUT2D eigenvalue weighted by Crippen LogP contribution is 2.30. The van der Waals surface area contributed by atoms with E-state index in [-0.39, 0.29) is 0 Å². The second-order valence-corrected chi connectivity index (χ2v) is 4.03. The Morgan fingerprint density at radius 1 is 1.56 bits per heavy atom. The number of aliphatic carboxylic acids is 1. The molecule has 1 aromatic carbocycles. The summed E-state index contributed by atoms with van der Waals surface area (Å²) >= 11 is 0. The molecule has 0 saturated carbocycles. The van der Waals surface area contributed by atoms with Crippen molar-refractivity contribution in [3.05, 3.63) is 30.0 Å². The molecule has 2 aromatic rings. The van der Waals surface area contributed by atoms with Gasteiger partial charge >= 0.3 is 5.97 Å². The molecule has 1 heterocycles. The van der Waals surface area contributed by atoms with Crippen molar-refractivity contribution >= 4 is 16.9 Å². The van der Waals surface area contributed by atoms with Crippen LogP contribution in [0.5, 0.6) is 5.75 Å². The first kappa shape index (κ1) is 12.4. The van der Waals surface area contributed by atoms with Gasteiger partial charge < -0.3 is 20.1 Å². The smallest absolute Gasteiger partial charge is 0.326 e. The summed E-state index contributed by atoms with van der Waals surface area (Å²) in [6.07, 6.45) is 0. The summed E-state index contributed by atoms with van der Waals surface area (Å²) < 4.78 is 7.20. The van der Waals surface area contributed by atoms with Gasteiger partial charge in [-0.2, -0.15) is 0 Å². The highest BCUT2D eigenvalue weighted by atomic mass is 16.5. The first-order valence-corrected chi connectivity index (χ1v) is 5.74. The quantitative estimate of drug-likeness (QED) is 0.864. The Morgan fingerprint density at radius 2 is 2.28 bits per heavy atom. The van der Waals surface area contributed by atoms with Crippen LogP contribution in [-0.2, 0) is 11.3 Å². The van der Waals surface area contributed by atoms with Gasteiger partial charge in [-0.25, -0.2) is 0 Å². The van der Waals surface area contributed by atoms with Crippen molar-refractivity contribution < 1.29 is 14.6 Å². The second-order valence-electron chi connectivity index (χ2n) is 4.03. The first-order valence-electron chi connectivity index (χ1n) is 5.74. The molecule has 5 heteroatoms. The van der Waals surface area contributed by atoms with Gasteiger partial charge in [-0.1, -0.05) is 12.1 Å². The second kappa shape index (κ2) is 4.70. The number of nitrogens with zero attached hydrogens (tertiary/aromatic N) is 1. The minimum absolute atomic E-state index is 0.588. The number of aromatic nitrogens is 1. The molecule has 0 aliphatic carbocycles. The maximum atomic E-state index is 11.0. The minimum Gasteiger partial charge on any atom is -0.495 e. The highest BCUT2D eigenvalue weighted by Gasteiger charge is 2.21. The Hall–Kier alpha value is -2.01. The number of rotatable bonds is 4. The fraction of sp³-hybridized carbons (Fsp3) is 0.308. The van der Waals surface area contributed by atoms with Crippen LogP contribution in [-0.4, -0.2) is 22.8 Å². The Labute approximate surface area is 105 Å². The van der Waals surface area contributed by atoms with Crippen LogP contribution in [0.1, 0.15) is 18.7 Å². The number of hydrogen-bond donors (Lipinski definition) is 2. The van der Waals surface area contributed by atoms with Gasteiger partial charge in [-0.05, 0) is 19.1 Å². The fourth-order valence-electron chi connectivity index (χ4n) is 2.20. The number of methoxy groups -OCH3 is 1. The van der Waals surface area contributed by atoms with E-state index in [1.807, 2.05) is 29.7 Å². The number of benzene rings is 1. The van der Waals surface area contributed by atoms with Crippen molar-refractivity contribution in [2.45, 2.75) is 19.5 Å². The zero-order valence-corrected chi connectivity index (χ0v) is 10.4. The molecule has 5 nitrogen and oxygen atoms in total. The largest absolute Gasteiger partial charge is 0.495 e. The monoisotopic (exact) mass is 248 g/mol. The van der Waals surface area contributed by atoms with Crippen molar-refractivity contribution in [1.82, 2.24) is 4.57 Å². The van der Waals surface area contributed by atoms with Gasteiger partial charge in [0.25, 0.3) is 0 Å². The van der Waals surface area contributed by atoms with E-state index in [1.165, 1.54) is 0 Å². The molecule has 96 valence electrons. The summed E-state index contributed by atoms with van der Waals surface area (Å²) in [5.41, 5.74) is 7.18. The van der Waals surface area contributed by atoms with E-state index in [4.69, 9.17) is 15.6 Å². The van der Waals surface area contributed by atoms with Crippen LogP contribution >= 0.6 is 0 Å². The van der Waals surface area contributed by atoms with Crippen LogP contribution in [0.25, 0.3) is 10.9 Å². The van der Waals surface area contributed by atoms with Gasteiger partial charge in [0.1, 0.15) is 11.8 Å². The minimum atomic E-state index is -1.04. The summed E-state index contributed by atoms with van der Waals surface area (Å²) in [6.45, 7) is 2.59. The predicted octanol–water partition coefficient (Wildman–Crippen LogP) is 1.75. The van der Waals surface area contributed by atoms with E-state index >= 15 is 0 Å². The van der Waals surface area contributed by atoms with Crippen molar-refractivity contribution in [3.63, 3.8) is 0 Å². The number of aryl methyl sites for hydroxylation is 1. The standard InChI is InChI=1S/C13H16N2O3/c1-3-15-9(11(14)13(16)17)7-8-5-4-6-10(18-2)12(8)15/h4-7,11H,3,14H2,1-2H3,(H,16,17). The summed E-state index contributed by atoms with van der Waals surface area (Å²) in [4.78, 5) is 11.0. The van der Waals surface area contributed by atoms with Gasteiger partial charge in [-0.15, -0.1) is 0 Å². The molecule has 1 aromatic heterocycles. The number of hydrogen-bond acceptors (Lipinski definition) is 3. The lowest BCUT2D eigenvalue weighted by molar-refractivity contribution is -0.138. The van der Waals surface area contributed by atoms with E-state index in [0.29, 0.717) is 12.2 Å². The molecule has 1 unspecified atom stereocenters. The van der Waals surface area contributed by atoms with Crippen molar-refractivity contribution in [2.24, 2.45) is 5.73 Å². The Morgan fingerprint density at radius 3 is 2.83 bits per heavy atom. The van der Waals surface area contributed by atoms with Crippen molar-refractivity contribution in [1.29, 1.82) is 0 Å². The molecule has 0 aliphatic rings. The third-order valence-corrected chi connectivity index (χ3v) is 3.04. The number of para-hydroxylation sites is 1. The van der Waals surface area contributed by atoms with Crippen LogP contribution in [0.2, 0.25) is 0 Å². The Balaban J connectivity index is 2.73. The first-order chi connectivity index (χ1) is 8.60. The summed E-state index contributed by atoms with van der Waals surface area (Å²) in [6, 6.07) is 6.42. The number of nitrogens with two attached hydrogens (primary N) is 1. The Bertz CT molecular complexity index is 589. The van der Waals surface area contributed by atoms with Crippen LogP contribution < -0.4 is 10.5 Å². The van der Waals surface area contributed by atoms with E-state index < -0.39 is 12.0 Å². The molecular weight excluding hydrogens is 232 g/mol. The maximum absolute atomic E-state index is 11.0. The fourth-order valence-corrected chi connectivity index (χ4v) is 2.20. The van der Waals surface area contributed by atoms with E-state index in [0.717, 1.165) is 16.7 Å². The molecule has 0 amide bonds. The van der Waals surface area contributed by atoms with Gasteiger partial charge in [0, 0.05) is 17.6 Å². The number of carbonyl (C=O) groups is 1. The lowest BCUT2D eigenvalue weighted by Gasteiger charge is -2.12. The third-order valence-electron chi connectivity index (χ3n) is 3.04. The SMILES string of the molecule is CCn1c(C(N)C(=O)O)cc2cccc(OC)c21. The molecular formula is C13H16N2O3. The molecule has 3 N–H and O–H groups in total. The zero-order valence-electron chi connectivity index (χ0n) is 10.4. The molecule has 0 spiro atoms. The molecule has 2 rings (SSSR count). The van der Waals surface area contributed by atoms with E-state index in [2.05, 4.69) is 0 Å². The van der Waals surface area contributed by atoms with E-state index in [1.54, 1.807) is 13.2 Å². The molecule has 0 fully saturated rings. The maximum Gasteiger partial charge on any atom is 0.326 e. The summed E-state index contributed by atoms with van der Waals surface area (Å²) in [5, 5.41) is 9.97. The summed E-state index contributed by atoms with van der Waals surface area (Å²) in [7, 11) is 1.60. The van der Waals surface area contributed by atoms with Gasteiger partial charge in [0.05, 0.1) is 12.6 Å². The molecule has 1 atom stereocenters. The predicted molar refractivity (Wildman–Crippen MR) is 68.7 cm³/mol. The molecule has 0 radical (unpaired) electrons. The Kier molecular flexibility index (Phi) is 3.25. The zero-order chi connectivity index (χ0) is 13.3. The van der Waals surface area contributed by atoms with Crippen molar-refractivity contribution in [3.8, 4) is 5.75 Å². The molecule has 18 heavy (non-hydrogen) atoms. The number of carboxylic acids is 1. The average molecular weight is 248 g/mol. The van der Waals surface area contributed by atoms with Gasteiger partial charge in [0.15, 0.2) is 0 Å². The number of fused-ring (bicyclic) bond motifs is 1. The lowest BCUT2D eigenvalue weighted by atomic mass is 10.2.